The van der Waals surface area contributed by atoms with Gasteiger partial charge in [0, 0.05) is 19.2 Å². The Morgan fingerprint density at radius 3 is 2.93 bits per heavy atom. The van der Waals surface area contributed by atoms with Gasteiger partial charge in [0.25, 0.3) is 0 Å². The Bertz CT molecular complexity index is 390. The zero-order valence-electron chi connectivity index (χ0n) is 8.99. The summed E-state index contributed by atoms with van der Waals surface area (Å²) >= 11 is 0. The Kier molecular flexibility index (Phi) is 2.58. The van der Waals surface area contributed by atoms with Crippen LogP contribution < -0.4 is 9.64 Å². The van der Waals surface area contributed by atoms with E-state index in [4.69, 9.17) is 4.74 Å². The molecule has 1 saturated heterocycles. The average molecular weight is 206 g/mol. The van der Waals surface area contributed by atoms with Crippen LogP contribution in [0.5, 0.6) is 5.75 Å². The van der Waals surface area contributed by atoms with Crippen molar-refractivity contribution in [3.05, 3.63) is 17.8 Å². The molecule has 1 fully saturated rings. The summed E-state index contributed by atoms with van der Waals surface area (Å²) in [6.45, 7) is 2.69. The van der Waals surface area contributed by atoms with Gasteiger partial charge in [-0.05, 0) is 25.0 Å². The first-order valence-electron chi connectivity index (χ1n) is 5.03. The summed E-state index contributed by atoms with van der Waals surface area (Å²) in [4.78, 5) is 17.5. The number of rotatable bonds is 2. The number of nitrogens with zero attached hydrogens (tertiary/aromatic N) is 2. The Morgan fingerprint density at radius 2 is 2.33 bits per heavy atom. The van der Waals surface area contributed by atoms with Crippen LogP contribution in [0.25, 0.3) is 0 Å². The number of aryl methyl sites for hydroxylation is 1. The number of ether oxygens (including phenoxy) is 1. The lowest BCUT2D eigenvalue weighted by atomic mass is 10.3. The van der Waals surface area contributed by atoms with Gasteiger partial charge in [0.1, 0.15) is 0 Å². The highest BCUT2D eigenvalue weighted by Gasteiger charge is 2.25. The zero-order valence-corrected chi connectivity index (χ0v) is 8.99. The van der Waals surface area contributed by atoms with Crippen LogP contribution in [0.2, 0.25) is 0 Å². The lowest BCUT2D eigenvalue weighted by Crippen LogP contribution is -2.25. The highest BCUT2D eigenvalue weighted by atomic mass is 16.5. The molecule has 1 aliphatic heterocycles. The number of anilines is 1. The van der Waals surface area contributed by atoms with Crippen molar-refractivity contribution >= 4 is 11.7 Å². The van der Waals surface area contributed by atoms with Crippen molar-refractivity contribution in [2.45, 2.75) is 19.8 Å². The molecule has 0 aliphatic carbocycles. The molecule has 0 bridgehead atoms. The molecular formula is C11H14N2O2. The minimum Gasteiger partial charge on any atom is -0.493 e. The summed E-state index contributed by atoms with van der Waals surface area (Å²) in [5.74, 6) is 1.44. The van der Waals surface area contributed by atoms with E-state index in [2.05, 4.69) is 4.98 Å². The zero-order chi connectivity index (χ0) is 10.8. The molecule has 1 aromatic rings. The van der Waals surface area contributed by atoms with Gasteiger partial charge in [-0.15, -0.1) is 0 Å². The van der Waals surface area contributed by atoms with Crippen LogP contribution in [0.4, 0.5) is 5.82 Å². The van der Waals surface area contributed by atoms with Gasteiger partial charge in [-0.25, -0.2) is 4.98 Å². The smallest absolute Gasteiger partial charge is 0.228 e. The number of methoxy groups -OCH3 is 1. The van der Waals surface area contributed by atoms with Crippen LogP contribution in [-0.2, 0) is 4.79 Å². The van der Waals surface area contributed by atoms with Gasteiger partial charge in [0.05, 0.1) is 7.11 Å². The molecule has 2 heterocycles. The van der Waals surface area contributed by atoms with Gasteiger partial charge >= 0.3 is 0 Å². The van der Waals surface area contributed by atoms with Crippen molar-refractivity contribution < 1.29 is 9.53 Å². The molecule has 15 heavy (non-hydrogen) atoms. The quantitative estimate of drug-likeness (QED) is 0.736. The van der Waals surface area contributed by atoms with E-state index in [1.54, 1.807) is 18.2 Å². The first-order valence-corrected chi connectivity index (χ1v) is 5.03. The maximum Gasteiger partial charge on any atom is 0.228 e. The summed E-state index contributed by atoms with van der Waals surface area (Å²) in [6.07, 6.45) is 3.26. The maximum atomic E-state index is 11.6. The predicted molar refractivity (Wildman–Crippen MR) is 57.1 cm³/mol. The first-order chi connectivity index (χ1) is 7.22. The van der Waals surface area contributed by atoms with Crippen molar-refractivity contribution in [2.24, 2.45) is 0 Å². The molecule has 1 aliphatic rings. The number of carbonyl (C=O) groups excluding carboxylic acids is 1. The van der Waals surface area contributed by atoms with Crippen LogP contribution in [0, 0.1) is 6.92 Å². The van der Waals surface area contributed by atoms with Gasteiger partial charge in [0.2, 0.25) is 5.91 Å². The van der Waals surface area contributed by atoms with Crippen LogP contribution in [0.3, 0.4) is 0 Å². The Hall–Kier alpha value is -1.58. The normalized spacial score (nSPS) is 15.9. The van der Waals surface area contributed by atoms with Crippen molar-refractivity contribution in [2.75, 3.05) is 18.6 Å². The average Bonchev–Trinajstić information content (AvgIpc) is 2.64. The Morgan fingerprint density at radius 1 is 1.53 bits per heavy atom. The molecule has 4 heteroatoms. The molecule has 0 aromatic carbocycles. The lowest BCUT2D eigenvalue weighted by Gasteiger charge is -2.17. The summed E-state index contributed by atoms with van der Waals surface area (Å²) < 4.78 is 5.23. The molecule has 0 radical (unpaired) electrons. The van der Waals surface area contributed by atoms with E-state index in [9.17, 15) is 4.79 Å². The van der Waals surface area contributed by atoms with Crippen LogP contribution in [0.15, 0.2) is 12.3 Å². The number of aromatic nitrogens is 1. The van der Waals surface area contributed by atoms with E-state index >= 15 is 0 Å². The summed E-state index contributed by atoms with van der Waals surface area (Å²) in [5, 5.41) is 0. The molecule has 1 aromatic heterocycles. The SMILES string of the molecule is COc1cc(C)cnc1N1CCCC1=O. The lowest BCUT2D eigenvalue weighted by molar-refractivity contribution is -0.117. The fourth-order valence-corrected chi connectivity index (χ4v) is 1.76. The highest BCUT2D eigenvalue weighted by Crippen LogP contribution is 2.29. The van der Waals surface area contributed by atoms with E-state index in [1.807, 2.05) is 13.0 Å². The highest BCUT2D eigenvalue weighted by molar-refractivity contribution is 5.95. The summed E-state index contributed by atoms with van der Waals surface area (Å²) in [7, 11) is 1.60. The Balaban J connectivity index is 2.38. The third-order valence-electron chi connectivity index (χ3n) is 2.52. The van der Waals surface area contributed by atoms with Gasteiger partial charge in [-0.2, -0.15) is 0 Å². The number of hydrogen-bond acceptors (Lipinski definition) is 3. The summed E-state index contributed by atoms with van der Waals surface area (Å²) in [6, 6.07) is 1.90. The van der Waals surface area contributed by atoms with Gasteiger partial charge in [-0.3, -0.25) is 9.69 Å². The van der Waals surface area contributed by atoms with Gasteiger partial charge in [-0.1, -0.05) is 0 Å². The maximum absolute atomic E-state index is 11.6. The minimum atomic E-state index is 0.129. The minimum absolute atomic E-state index is 0.129. The molecule has 0 atom stereocenters. The standard InChI is InChI=1S/C11H14N2O2/c1-8-6-9(15-2)11(12-7-8)13-5-3-4-10(13)14/h6-7H,3-5H2,1-2H3. The number of carbonyl (C=O) groups is 1. The van der Waals surface area contributed by atoms with Crippen molar-refractivity contribution in [1.29, 1.82) is 0 Å². The first kappa shape index (κ1) is 9.96. The van der Waals surface area contributed by atoms with E-state index < -0.39 is 0 Å². The van der Waals surface area contributed by atoms with Gasteiger partial charge in [0.15, 0.2) is 11.6 Å². The van der Waals surface area contributed by atoms with Crippen LogP contribution in [-0.4, -0.2) is 24.5 Å². The fraction of sp³-hybridized carbons (Fsp3) is 0.455. The monoisotopic (exact) mass is 206 g/mol. The topological polar surface area (TPSA) is 42.4 Å². The molecule has 1 amide bonds. The molecule has 80 valence electrons. The molecule has 0 N–H and O–H groups in total. The predicted octanol–water partition coefficient (Wildman–Crippen LogP) is 1.53. The third kappa shape index (κ3) is 1.79. The van der Waals surface area contributed by atoms with E-state index in [-0.39, 0.29) is 5.91 Å². The Labute approximate surface area is 88.9 Å². The van der Waals surface area contributed by atoms with Crippen molar-refractivity contribution in [3.8, 4) is 5.75 Å². The molecule has 0 saturated carbocycles. The van der Waals surface area contributed by atoms with E-state index in [0.717, 1.165) is 18.5 Å². The number of pyridine rings is 1. The molecule has 0 spiro atoms. The fourth-order valence-electron chi connectivity index (χ4n) is 1.76. The van der Waals surface area contributed by atoms with Crippen molar-refractivity contribution in [1.82, 2.24) is 4.98 Å². The second-order valence-corrected chi connectivity index (χ2v) is 3.69. The van der Waals surface area contributed by atoms with Crippen LogP contribution in [0.1, 0.15) is 18.4 Å². The second-order valence-electron chi connectivity index (χ2n) is 3.69. The number of amides is 1. The van der Waals surface area contributed by atoms with E-state index in [1.165, 1.54) is 0 Å². The molecular weight excluding hydrogens is 192 g/mol. The van der Waals surface area contributed by atoms with Crippen LogP contribution >= 0.6 is 0 Å². The van der Waals surface area contributed by atoms with Crippen molar-refractivity contribution in [3.63, 3.8) is 0 Å². The molecule has 0 unspecified atom stereocenters. The van der Waals surface area contributed by atoms with Gasteiger partial charge < -0.3 is 4.74 Å². The largest absolute Gasteiger partial charge is 0.493 e. The summed E-state index contributed by atoms with van der Waals surface area (Å²) in [5.41, 5.74) is 1.03. The number of hydrogen-bond donors (Lipinski definition) is 0. The molecule has 4 nitrogen and oxygen atoms in total. The third-order valence-corrected chi connectivity index (χ3v) is 2.52. The second kappa shape index (κ2) is 3.88. The van der Waals surface area contributed by atoms with E-state index in [0.29, 0.717) is 18.0 Å². The molecule has 2 rings (SSSR count).